The molecule has 0 aliphatic carbocycles. The summed E-state index contributed by atoms with van der Waals surface area (Å²) in [4.78, 5) is 25.9. The van der Waals surface area contributed by atoms with Crippen molar-refractivity contribution < 1.29 is 42.7 Å². The minimum absolute atomic E-state index is 0.0865. The predicted octanol–water partition coefficient (Wildman–Crippen LogP) is 4.50. The lowest BCUT2D eigenvalue weighted by molar-refractivity contribution is -0.135. The van der Waals surface area contributed by atoms with Crippen LogP contribution in [0.3, 0.4) is 0 Å². The Balaban J connectivity index is 1.44. The van der Waals surface area contributed by atoms with Crippen molar-refractivity contribution in [1.29, 1.82) is 0 Å². The maximum atomic E-state index is 13.4. The maximum absolute atomic E-state index is 13.4. The normalized spacial score (nSPS) is 18.1. The zero-order chi connectivity index (χ0) is 25.7. The number of hydrogen-bond acceptors (Lipinski definition) is 9. The van der Waals surface area contributed by atoms with Gasteiger partial charge in [0.1, 0.15) is 11.5 Å². The summed E-state index contributed by atoms with van der Waals surface area (Å²) < 4.78 is 39.0. The molecule has 3 aromatic carbocycles. The number of benzene rings is 3. The van der Waals surface area contributed by atoms with Gasteiger partial charge < -0.3 is 33.2 Å². The average Bonchev–Trinajstić information content (AvgIpc) is 3.51. The van der Waals surface area contributed by atoms with Crippen LogP contribution >= 0.6 is 0 Å². The van der Waals surface area contributed by atoms with Crippen LogP contribution in [0.1, 0.15) is 39.4 Å². The lowest BCUT2D eigenvalue weighted by atomic mass is 9.84. The predicted molar refractivity (Wildman–Crippen MR) is 130 cm³/mol. The second-order valence-electron chi connectivity index (χ2n) is 8.56. The molecule has 37 heavy (non-hydrogen) atoms. The molecule has 188 valence electrons. The van der Waals surface area contributed by atoms with E-state index in [0.717, 1.165) is 5.56 Å². The van der Waals surface area contributed by atoms with E-state index in [1.807, 2.05) is 12.1 Å². The number of Topliss-reactive ketones (excluding diaryl/α,β-unsaturated/α-hetero) is 1. The van der Waals surface area contributed by atoms with Crippen LogP contribution in [-0.4, -0.2) is 39.9 Å². The third kappa shape index (κ3) is 3.62. The lowest BCUT2D eigenvalue weighted by Crippen LogP contribution is -2.21. The molecule has 6 rings (SSSR count). The van der Waals surface area contributed by atoms with E-state index in [-0.39, 0.29) is 30.7 Å². The zero-order valence-corrected chi connectivity index (χ0v) is 20.3. The third-order valence-electron chi connectivity index (χ3n) is 6.60. The van der Waals surface area contributed by atoms with Crippen LogP contribution < -0.4 is 33.2 Å². The fourth-order valence-electron chi connectivity index (χ4n) is 4.90. The van der Waals surface area contributed by atoms with Gasteiger partial charge in [0.25, 0.3) is 0 Å². The third-order valence-corrected chi connectivity index (χ3v) is 6.60. The number of ether oxygens (including phenoxy) is 7. The lowest BCUT2D eigenvalue weighted by Gasteiger charge is -2.26. The van der Waals surface area contributed by atoms with Gasteiger partial charge in [-0.25, -0.2) is 0 Å². The molecule has 9 heteroatoms. The summed E-state index contributed by atoms with van der Waals surface area (Å²) in [6, 6.07) is 12.2. The summed E-state index contributed by atoms with van der Waals surface area (Å²) >= 11 is 0. The molecule has 1 atom stereocenters. The number of rotatable bonds is 5. The fourth-order valence-corrected chi connectivity index (χ4v) is 4.90. The van der Waals surface area contributed by atoms with Gasteiger partial charge in [-0.2, -0.15) is 0 Å². The SMILES string of the molecule is COc1ccc(/C=C2\Oc3c(ccc4c3[C@@H](c3ccc5c(c3)OCO5)CC(=O)O4)C2=O)c(OC)c1OC. The summed E-state index contributed by atoms with van der Waals surface area (Å²) in [6.07, 6.45) is 1.68. The van der Waals surface area contributed by atoms with Crippen LogP contribution in [0.25, 0.3) is 6.08 Å². The summed E-state index contributed by atoms with van der Waals surface area (Å²) in [5, 5.41) is 0. The van der Waals surface area contributed by atoms with E-state index in [0.29, 0.717) is 56.9 Å². The Morgan fingerprint density at radius 2 is 1.62 bits per heavy atom. The smallest absolute Gasteiger partial charge is 0.312 e. The Morgan fingerprint density at radius 3 is 2.41 bits per heavy atom. The molecule has 9 nitrogen and oxygen atoms in total. The van der Waals surface area contributed by atoms with Crippen LogP contribution in [-0.2, 0) is 4.79 Å². The second kappa shape index (κ2) is 8.77. The van der Waals surface area contributed by atoms with Crippen molar-refractivity contribution in [3.8, 4) is 40.2 Å². The van der Waals surface area contributed by atoms with Crippen molar-refractivity contribution in [1.82, 2.24) is 0 Å². The van der Waals surface area contributed by atoms with Crippen LogP contribution in [0.15, 0.2) is 48.2 Å². The first-order valence-electron chi connectivity index (χ1n) is 11.5. The van der Waals surface area contributed by atoms with E-state index >= 15 is 0 Å². The second-order valence-corrected chi connectivity index (χ2v) is 8.56. The first kappa shape index (κ1) is 22.8. The Bertz CT molecular complexity index is 1490. The Morgan fingerprint density at radius 1 is 0.838 bits per heavy atom. The van der Waals surface area contributed by atoms with Gasteiger partial charge in [0.05, 0.1) is 33.3 Å². The van der Waals surface area contributed by atoms with Gasteiger partial charge in [-0.05, 0) is 48.0 Å². The largest absolute Gasteiger partial charge is 0.493 e. The minimum Gasteiger partial charge on any atom is -0.493 e. The molecule has 0 N–H and O–H groups in total. The highest BCUT2D eigenvalue weighted by molar-refractivity contribution is 6.15. The molecule has 3 aliphatic rings. The zero-order valence-electron chi connectivity index (χ0n) is 20.3. The Hall–Kier alpha value is -4.66. The molecule has 0 fully saturated rings. The summed E-state index contributed by atoms with van der Waals surface area (Å²) in [5.41, 5.74) is 2.41. The molecule has 0 saturated heterocycles. The molecule has 0 spiro atoms. The topological polar surface area (TPSA) is 98.8 Å². The standard InChI is InChI=1S/C28H22O9/c1-31-20-8-5-15(26(32-2)28(20)33-3)11-22-25(30)16-6-9-19-24(27(16)37-22)17(12-23(29)36-19)14-4-7-18-21(10-14)35-13-34-18/h4-11,17H,12-13H2,1-3H3/b22-11-/t17-/m1/s1. The minimum atomic E-state index is -0.400. The number of fused-ring (bicyclic) bond motifs is 4. The number of ketones is 1. The first-order chi connectivity index (χ1) is 18.0. The van der Waals surface area contributed by atoms with Gasteiger partial charge in [-0.3, -0.25) is 9.59 Å². The van der Waals surface area contributed by atoms with Gasteiger partial charge in [0.15, 0.2) is 28.8 Å². The Kier molecular flexibility index (Phi) is 5.40. The molecule has 0 aromatic heterocycles. The van der Waals surface area contributed by atoms with E-state index in [9.17, 15) is 9.59 Å². The number of methoxy groups -OCH3 is 3. The van der Waals surface area contributed by atoms with Gasteiger partial charge in [-0.1, -0.05) is 6.07 Å². The van der Waals surface area contributed by atoms with Crippen molar-refractivity contribution in [2.24, 2.45) is 0 Å². The van der Waals surface area contributed by atoms with E-state index < -0.39 is 5.92 Å². The van der Waals surface area contributed by atoms with Crippen molar-refractivity contribution in [3.05, 3.63) is 70.5 Å². The van der Waals surface area contributed by atoms with E-state index in [1.165, 1.54) is 21.3 Å². The molecule has 3 aliphatic heterocycles. The molecule has 0 saturated carbocycles. The quantitative estimate of drug-likeness (QED) is 0.284. The molecule has 0 amide bonds. The van der Waals surface area contributed by atoms with Crippen molar-refractivity contribution >= 4 is 17.8 Å². The van der Waals surface area contributed by atoms with Crippen molar-refractivity contribution in [3.63, 3.8) is 0 Å². The molecule has 3 aromatic rings. The molecule has 0 radical (unpaired) electrons. The van der Waals surface area contributed by atoms with Crippen molar-refractivity contribution in [2.75, 3.05) is 28.1 Å². The number of carbonyl (C=O) groups excluding carboxylic acids is 2. The molecule has 0 unspecified atom stereocenters. The van der Waals surface area contributed by atoms with Gasteiger partial charge in [0.2, 0.25) is 18.3 Å². The number of allylic oxidation sites excluding steroid dienone is 1. The van der Waals surface area contributed by atoms with Crippen LogP contribution in [0.5, 0.6) is 40.2 Å². The molecular formula is C28H22O9. The van der Waals surface area contributed by atoms with Gasteiger partial charge >= 0.3 is 5.97 Å². The number of carbonyl (C=O) groups is 2. The highest BCUT2D eigenvalue weighted by Gasteiger charge is 2.39. The van der Waals surface area contributed by atoms with Crippen LogP contribution in [0, 0.1) is 0 Å². The van der Waals surface area contributed by atoms with Crippen LogP contribution in [0.2, 0.25) is 0 Å². The van der Waals surface area contributed by atoms with Gasteiger partial charge in [0, 0.05) is 17.0 Å². The molecule has 0 bridgehead atoms. The van der Waals surface area contributed by atoms with Gasteiger partial charge in [-0.15, -0.1) is 0 Å². The Labute approximate surface area is 212 Å². The molecular weight excluding hydrogens is 480 g/mol. The summed E-state index contributed by atoms with van der Waals surface area (Å²) in [6.45, 7) is 0.142. The monoisotopic (exact) mass is 502 g/mol. The van der Waals surface area contributed by atoms with Crippen LogP contribution in [0.4, 0.5) is 0 Å². The van der Waals surface area contributed by atoms with E-state index in [4.69, 9.17) is 33.2 Å². The fraction of sp³-hybridized carbons (Fsp3) is 0.214. The van der Waals surface area contributed by atoms with E-state index in [1.54, 1.807) is 36.4 Å². The highest BCUT2D eigenvalue weighted by atomic mass is 16.7. The molecule has 3 heterocycles. The summed E-state index contributed by atoms with van der Waals surface area (Å²) in [5.74, 6) is 2.29. The maximum Gasteiger partial charge on any atom is 0.312 e. The average molecular weight is 502 g/mol. The number of esters is 1. The highest BCUT2D eigenvalue weighted by Crippen LogP contribution is 2.50. The number of hydrogen-bond donors (Lipinski definition) is 0. The first-order valence-corrected chi connectivity index (χ1v) is 11.5. The summed E-state index contributed by atoms with van der Waals surface area (Å²) in [7, 11) is 4.54. The van der Waals surface area contributed by atoms with Crippen molar-refractivity contribution in [2.45, 2.75) is 12.3 Å². The van der Waals surface area contributed by atoms with E-state index in [2.05, 4.69) is 0 Å².